The van der Waals surface area contributed by atoms with Gasteiger partial charge in [-0.3, -0.25) is 9.69 Å². The molecule has 0 aromatic heterocycles. The highest BCUT2D eigenvalue weighted by Crippen LogP contribution is 2.15. The summed E-state index contributed by atoms with van der Waals surface area (Å²) >= 11 is 0. The number of hydrogen-bond donors (Lipinski definition) is 2. The second-order valence-electron chi connectivity index (χ2n) is 6.68. The summed E-state index contributed by atoms with van der Waals surface area (Å²) in [5.41, 5.74) is 7.08. The van der Waals surface area contributed by atoms with Gasteiger partial charge in [0.1, 0.15) is 0 Å². The van der Waals surface area contributed by atoms with E-state index in [1.807, 2.05) is 19.9 Å². The highest BCUT2D eigenvalue weighted by molar-refractivity contribution is 5.86. The standard InChI is InChI=1S/C18H30N4O.3ClH/c1-14(20-18(23)15(2)16(3)19)13-21-9-11-22(12-10-21)17-7-5-4-6-8-17;;;/h4-8,14-16H,9-13,19H2,1-3H3,(H,20,23);3*1H. The highest BCUT2D eigenvalue weighted by atomic mass is 35.5. The van der Waals surface area contributed by atoms with Gasteiger partial charge in [0.05, 0.1) is 0 Å². The molecule has 0 saturated carbocycles. The van der Waals surface area contributed by atoms with E-state index in [4.69, 9.17) is 5.73 Å². The van der Waals surface area contributed by atoms with E-state index in [-0.39, 0.29) is 61.1 Å². The number of benzene rings is 1. The van der Waals surface area contributed by atoms with Gasteiger partial charge in [-0.05, 0) is 26.0 Å². The summed E-state index contributed by atoms with van der Waals surface area (Å²) in [5.74, 6) is -0.0946. The number of nitrogens with zero attached hydrogens (tertiary/aromatic N) is 2. The van der Waals surface area contributed by atoms with E-state index >= 15 is 0 Å². The number of carbonyl (C=O) groups excluding carboxylic acids is 1. The number of nitrogens with one attached hydrogen (secondary N) is 1. The molecular formula is C18H33Cl3N4O. The molecule has 3 unspecified atom stereocenters. The van der Waals surface area contributed by atoms with Crippen molar-refractivity contribution >= 4 is 48.8 Å². The molecule has 0 aliphatic carbocycles. The molecule has 1 saturated heterocycles. The first-order valence-corrected chi connectivity index (χ1v) is 8.55. The zero-order valence-electron chi connectivity index (χ0n) is 15.8. The fourth-order valence-corrected chi connectivity index (χ4v) is 2.87. The van der Waals surface area contributed by atoms with E-state index in [2.05, 4.69) is 46.3 Å². The third kappa shape index (κ3) is 8.31. The molecule has 1 fully saturated rings. The number of hydrogen-bond acceptors (Lipinski definition) is 4. The Morgan fingerprint density at radius 3 is 2.08 bits per heavy atom. The first-order valence-electron chi connectivity index (χ1n) is 8.55. The maximum Gasteiger partial charge on any atom is 0.224 e. The Labute approximate surface area is 176 Å². The maximum atomic E-state index is 12.1. The number of halogens is 3. The lowest BCUT2D eigenvalue weighted by Crippen LogP contribution is -2.52. The van der Waals surface area contributed by atoms with Crippen LogP contribution < -0.4 is 16.0 Å². The molecule has 2 rings (SSSR count). The van der Waals surface area contributed by atoms with Crippen molar-refractivity contribution in [3.63, 3.8) is 0 Å². The van der Waals surface area contributed by atoms with Gasteiger partial charge < -0.3 is 16.0 Å². The molecule has 1 aliphatic heterocycles. The van der Waals surface area contributed by atoms with Crippen molar-refractivity contribution in [3.8, 4) is 0 Å². The lowest BCUT2D eigenvalue weighted by molar-refractivity contribution is -0.125. The average molecular weight is 428 g/mol. The van der Waals surface area contributed by atoms with Crippen LogP contribution in [0.25, 0.3) is 0 Å². The van der Waals surface area contributed by atoms with Gasteiger partial charge in [0, 0.05) is 56.4 Å². The Morgan fingerprint density at radius 2 is 1.58 bits per heavy atom. The second-order valence-corrected chi connectivity index (χ2v) is 6.68. The average Bonchev–Trinajstić information content (AvgIpc) is 2.55. The number of anilines is 1. The van der Waals surface area contributed by atoms with Gasteiger partial charge in [0.25, 0.3) is 0 Å². The molecule has 0 bridgehead atoms. The maximum absolute atomic E-state index is 12.1. The molecule has 3 N–H and O–H groups in total. The van der Waals surface area contributed by atoms with Crippen LogP contribution in [0.15, 0.2) is 30.3 Å². The molecule has 0 spiro atoms. The Balaban J connectivity index is 0. The number of rotatable bonds is 6. The van der Waals surface area contributed by atoms with Gasteiger partial charge in [-0.1, -0.05) is 25.1 Å². The van der Waals surface area contributed by atoms with Crippen LogP contribution in [0.5, 0.6) is 0 Å². The second kappa shape index (κ2) is 13.4. The number of nitrogens with two attached hydrogens (primary N) is 1. The van der Waals surface area contributed by atoms with Crippen LogP contribution in [0, 0.1) is 5.92 Å². The van der Waals surface area contributed by atoms with Crippen molar-refractivity contribution in [1.82, 2.24) is 10.2 Å². The molecule has 8 heteroatoms. The van der Waals surface area contributed by atoms with E-state index in [1.165, 1.54) is 5.69 Å². The lowest BCUT2D eigenvalue weighted by Gasteiger charge is -2.37. The molecule has 1 amide bonds. The summed E-state index contributed by atoms with van der Waals surface area (Å²) in [6.45, 7) is 10.8. The highest BCUT2D eigenvalue weighted by Gasteiger charge is 2.22. The molecular weight excluding hydrogens is 395 g/mol. The van der Waals surface area contributed by atoms with E-state index < -0.39 is 0 Å². The number of amides is 1. The molecule has 0 radical (unpaired) electrons. The number of carbonyl (C=O) groups is 1. The van der Waals surface area contributed by atoms with Crippen LogP contribution in [0.3, 0.4) is 0 Å². The molecule has 26 heavy (non-hydrogen) atoms. The molecule has 1 aromatic rings. The van der Waals surface area contributed by atoms with Gasteiger partial charge in [-0.15, -0.1) is 37.2 Å². The first kappa shape index (κ1) is 27.5. The predicted molar refractivity (Wildman–Crippen MR) is 117 cm³/mol. The molecule has 1 aliphatic rings. The van der Waals surface area contributed by atoms with E-state index in [9.17, 15) is 4.79 Å². The normalized spacial score (nSPS) is 17.6. The quantitative estimate of drug-likeness (QED) is 0.732. The first-order chi connectivity index (χ1) is 11.0. The predicted octanol–water partition coefficient (Wildman–Crippen LogP) is 2.56. The fourth-order valence-electron chi connectivity index (χ4n) is 2.87. The monoisotopic (exact) mass is 426 g/mol. The van der Waals surface area contributed by atoms with Crippen LogP contribution in [-0.2, 0) is 4.79 Å². The SMILES string of the molecule is CC(CN1CCN(c2ccccc2)CC1)NC(=O)C(C)C(C)N.Cl.Cl.Cl. The largest absolute Gasteiger partial charge is 0.369 e. The van der Waals surface area contributed by atoms with E-state index in [1.54, 1.807) is 0 Å². The molecule has 1 heterocycles. The summed E-state index contributed by atoms with van der Waals surface area (Å²) in [7, 11) is 0. The van der Waals surface area contributed by atoms with Gasteiger partial charge in [0.2, 0.25) is 5.91 Å². The summed E-state index contributed by atoms with van der Waals surface area (Å²) in [6, 6.07) is 10.6. The van der Waals surface area contributed by atoms with Crippen LogP contribution in [-0.4, -0.2) is 55.6 Å². The third-order valence-corrected chi connectivity index (χ3v) is 4.62. The van der Waals surface area contributed by atoms with Crippen molar-refractivity contribution in [2.45, 2.75) is 32.9 Å². The van der Waals surface area contributed by atoms with Crippen LogP contribution in [0.2, 0.25) is 0 Å². The zero-order chi connectivity index (χ0) is 16.8. The van der Waals surface area contributed by atoms with Gasteiger partial charge >= 0.3 is 0 Å². The Kier molecular flexibility index (Phi) is 14.2. The molecule has 152 valence electrons. The zero-order valence-corrected chi connectivity index (χ0v) is 18.2. The summed E-state index contributed by atoms with van der Waals surface area (Å²) in [5, 5.41) is 3.08. The number of para-hydroxylation sites is 1. The fraction of sp³-hybridized carbons (Fsp3) is 0.611. The minimum Gasteiger partial charge on any atom is -0.369 e. The van der Waals surface area contributed by atoms with E-state index in [0.29, 0.717) is 0 Å². The molecule has 5 nitrogen and oxygen atoms in total. The Morgan fingerprint density at radius 1 is 1.04 bits per heavy atom. The molecule has 3 atom stereocenters. The van der Waals surface area contributed by atoms with Crippen molar-refractivity contribution < 1.29 is 4.79 Å². The topological polar surface area (TPSA) is 61.6 Å². The Hall–Kier alpha value is -0.720. The van der Waals surface area contributed by atoms with Gasteiger partial charge in [0.15, 0.2) is 0 Å². The minimum absolute atomic E-state index is 0. The smallest absolute Gasteiger partial charge is 0.224 e. The molecule has 1 aromatic carbocycles. The van der Waals surface area contributed by atoms with Crippen LogP contribution in [0.4, 0.5) is 5.69 Å². The van der Waals surface area contributed by atoms with Crippen molar-refractivity contribution in [1.29, 1.82) is 0 Å². The lowest BCUT2D eigenvalue weighted by atomic mass is 10.0. The number of piperazine rings is 1. The summed E-state index contributed by atoms with van der Waals surface area (Å²) in [6.07, 6.45) is 0. The summed E-state index contributed by atoms with van der Waals surface area (Å²) in [4.78, 5) is 16.9. The minimum atomic E-state index is -0.146. The van der Waals surface area contributed by atoms with Crippen molar-refractivity contribution in [2.24, 2.45) is 11.7 Å². The van der Waals surface area contributed by atoms with Crippen molar-refractivity contribution in [2.75, 3.05) is 37.6 Å². The van der Waals surface area contributed by atoms with Gasteiger partial charge in [-0.2, -0.15) is 0 Å². The van der Waals surface area contributed by atoms with Crippen LogP contribution in [0.1, 0.15) is 20.8 Å². The Bertz CT molecular complexity index is 496. The van der Waals surface area contributed by atoms with E-state index in [0.717, 1.165) is 32.7 Å². The van der Waals surface area contributed by atoms with Crippen LogP contribution >= 0.6 is 37.2 Å². The summed E-state index contributed by atoms with van der Waals surface area (Å²) < 4.78 is 0. The third-order valence-electron chi connectivity index (χ3n) is 4.62. The van der Waals surface area contributed by atoms with Crippen molar-refractivity contribution in [3.05, 3.63) is 30.3 Å². The van der Waals surface area contributed by atoms with Gasteiger partial charge in [-0.25, -0.2) is 0 Å².